The first-order valence-electron chi connectivity index (χ1n) is 8.46. The number of nitrogens with one attached hydrogen (secondary N) is 2. The van der Waals surface area contributed by atoms with Crippen LogP contribution in [0.2, 0.25) is 0 Å². The fraction of sp³-hybridized carbons (Fsp3) is 0.389. The highest BCUT2D eigenvalue weighted by Crippen LogP contribution is 2.31. The Balaban J connectivity index is 1.84. The highest BCUT2D eigenvalue weighted by atomic mass is 79.9. The molecule has 1 saturated carbocycles. The van der Waals surface area contributed by atoms with Gasteiger partial charge in [-0.3, -0.25) is 9.59 Å². The molecule has 0 unspecified atom stereocenters. The zero-order valence-corrected chi connectivity index (χ0v) is 15.4. The Labute approximate surface area is 154 Å². The van der Waals surface area contributed by atoms with Gasteiger partial charge in [-0.25, -0.2) is 0 Å². The van der Waals surface area contributed by atoms with Gasteiger partial charge in [0.15, 0.2) is 6.29 Å². The summed E-state index contributed by atoms with van der Waals surface area (Å²) in [6.45, 7) is 0. The van der Waals surface area contributed by atoms with Crippen molar-refractivity contribution in [1.29, 1.82) is 0 Å². The molecule has 0 aliphatic heterocycles. The van der Waals surface area contributed by atoms with E-state index in [-0.39, 0.29) is 5.91 Å². The summed E-state index contributed by atoms with van der Waals surface area (Å²) in [6.07, 6.45) is 8.73. The van der Waals surface area contributed by atoms with E-state index in [0.717, 1.165) is 30.0 Å². The van der Waals surface area contributed by atoms with Gasteiger partial charge in [-0.2, -0.15) is 5.10 Å². The third-order valence-corrected chi connectivity index (χ3v) is 5.36. The maximum absolute atomic E-state index is 12.3. The van der Waals surface area contributed by atoms with Crippen LogP contribution in [-0.2, 0) is 4.79 Å². The largest absolute Gasteiger partial charge is 0.349 e. The van der Waals surface area contributed by atoms with Crippen LogP contribution in [0.1, 0.15) is 54.4 Å². The molecule has 1 amide bonds. The van der Waals surface area contributed by atoms with Crippen molar-refractivity contribution in [3.05, 3.63) is 27.9 Å². The van der Waals surface area contributed by atoms with Crippen LogP contribution in [0.4, 0.5) is 5.69 Å². The fourth-order valence-corrected chi connectivity index (χ4v) is 4.10. The van der Waals surface area contributed by atoms with Crippen molar-refractivity contribution in [2.45, 2.75) is 38.5 Å². The van der Waals surface area contributed by atoms with E-state index in [0.29, 0.717) is 33.8 Å². The van der Waals surface area contributed by atoms with Gasteiger partial charge in [-0.05, 0) is 46.8 Å². The number of aromatic nitrogens is 1. The molecule has 3 rings (SSSR count). The second kappa shape index (κ2) is 7.82. The molecule has 1 aromatic heterocycles. The Hall–Kier alpha value is -2.15. The molecular weight excluding hydrogens is 384 g/mol. The number of amides is 1. The first-order valence-corrected chi connectivity index (χ1v) is 9.25. The summed E-state index contributed by atoms with van der Waals surface area (Å²) in [6, 6.07) is 3.50. The van der Waals surface area contributed by atoms with E-state index >= 15 is 0 Å². The van der Waals surface area contributed by atoms with E-state index in [1.165, 1.54) is 25.5 Å². The summed E-state index contributed by atoms with van der Waals surface area (Å²) < 4.78 is 0.686. The van der Waals surface area contributed by atoms with Crippen molar-refractivity contribution in [2.24, 2.45) is 16.9 Å². The molecule has 1 aliphatic rings. The average molecular weight is 405 g/mol. The Bertz CT molecular complexity index is 822. The van der Waals surface area contributed by atoms with E-state index in [9.17, 15) is 9.59 Å². The summed E-state index contributed by atoms with van der Waals surface area (Å²) in [5.74, 6) is 5.71. The first kappa shape index (κ1) is 17.7. The van der Waals surface area contributed by atoms with Crippen molar-refractivity contribution in [3.63, 3.8) is 0 Å². The standard InChI is InChI=1S/C18H21BrN4O2/c19-18-14(9-21-20)17-12(10-24)7-13(8-15(17)23-18)22-16(25)6-11-4-2-1-3-5-11/h7-11,23H,1-6,20H2,(H,22,25)/b21-9-. The fourth-order valence-electron chi connectivity index (χ4n) is 3.59. The van der Waals surface area contributed by atoms with Crippen molar-refractivity contribution < 1.29 is 9.59 Å². The third-order valence-electron chi connectivity index (χ3n) is 4.73. The predicted molar refractivity (Wildman–Crippen MR) is 103 cm³/mol. The number of nitrogens with two attached hydrogens (primary N) is 1. The number of anilines is 1. The van der Waals surface area contributed by atoms with E-state index in [1.807, 2.05) is 6.07 Å². The number of carbonyl (C=O) groups excluding carboxylic acids is 2. The Morgan fingerprint density at radius 1 is 1.36 bits per heavy atom. The Morgan fingerprint density at radius 2 is 2.12 bits per heavy atom. The van der Waals surface area contributed by atoms with Gasteiger partial charge < -0.3 is 16.1 Å². The summed E-state index contributed by atoms with van der Waals surface area (Å²) in [5, 5.41) is 7.19. The van der Waals surface area contributed by atoms with Crippen molar-refractivity contribution >= 4 is 50.9 Å². The number of aldehydes is 1. The predicted octanol–water partition coefficient (Wildman–Crippen LogP) is 3.94. The van der Waals surface area contributed by atoms with Gasteiger partial charge in [0, 0.05) is 34.1 Å². The number of fused-ring (bicyclic) bond motifs is 1. The lowest BCUT2D eigenvalue weighted by Crippen LogP contribution is -2.18. The van der Waals surface area contributed by atoms with Crippen LogP contribution >= 0.6 is 15.9 Å². The molecule has 1 heterocycles. The minimum atomic E-state index is -0.00235. The smallest absolute Gasteiger partial charge is 0.224 e. The second-order valence-electron chi connectivity index (χ2n) is 6.49. The van der Waals surface area contributed by atoms with Crippen LogP contribution in [0.5, 0.6) is 0 Å². The number of nitrogens with zero attached hydrogens (tertiary/aromatic N) is 1. The summed E-state index contributed by atoms with van der Waals surface area (Å²) in [4.78, 5) is 27.0. The first-order chi connectivity index (χ1) is 12.1. The normalized spacial score (nSPS) is 15.7. The van der Waals surface area contributed by atoms with E-state index in [2.05, 4.69) is 31.3 Å². The molecule has 0 atom stereocenters. The summed E-state index contributed by atoms with van der Waals surface area (Å²) >= 11 is 3.41. The zero-order valence-electron chi connectivity index (χ0n) is 13.8. The molecule has 7 heteroatoms. The third kappa shape index (κ3) is 3.92. The number of aromatic amines is 1. The summed E-state index contributed by atoms with van der Waals surface area (Å²) in [7, 11) is 0. The van der Waals surface area contributed by atoms with E-state index in [4.69, 9.17) is 5.84 Å². The number of carbonyl (C=O) groups is 2. The van der Waals surface area contributed by atoms with Crippen LogP contribution in [0.25, 0.3) is 10.9 Å². The Morgan fingerprint density at radius 3 is 2.80 bits per heavy atom. The average Bonchev–Trinajstić information content (AvgIpc) is 2.91. The number of H-pyrrole nitrogens is 1. The number of hydrogen-bond donors (Lipinski definition) is 3. The number of benzene rings is 1. The van der Waals surface area contributed by atoms with Gasteiger partial charge in [-0.15, -0.1) is 0 Å². The molecule has 0 radical (unpaired) electrons. The van der Waals surface area contributed by atoms with Crippen LogP contribution < -0.4 is 11.2 Å². The zero-order chi connectivity index (χ0) is 17.8. The lowest BCUT2D eigenvalue weighted by Gasteiger charge is -2.20. The molecule has 4 N–H and O–H groups in total. The van der Waals surface area contributed by atoms with Gasteiger partial charge in [0.2, 0.25) is 5.91 Å². The highest BCUT2D eigenvalue weighted by Gasteiger charge is 2.18. The molecule has 1 fully saturated rings. The molecule has 132 valence electrons. The molecular formula is C18H21BrN4O2. The molecule has 1 aromatic carbocycles. The molecule has 2 aromatic rings. The van der Waals surface area contributed by atoms with Crippen LogP contribution in [-0.4, -0.2) is 23.4 Å². The van der Waals surface area contributed by atoms with Gasteiger partial charge in [0.05, 0.1) is 10.8 Å². The van der Waals surface area contributed by atoms with Crippen LogP contribution in [0.3, 0.4) is 0 Å². The Kier molecular flexibility index (Phi) is 5.53. The van der Waals surface area contributed by atoms with E-state index < -0.39 is 0 Å². The number of hydrazone groups is 1. The van der Waals surface area contributed by atoms with Gasteiger partial charge in [-0.1, -0.05) is 19.3 Å². The molecule has 0 bridgehead atoms. The number of halogens is 1. The van der Waals surface area contributed by atoms with Gasteiger partial charge in [0.25, 0.3) is 0 Å². The minimum Gasteiger partial charge on any atom is -0.349 e. The summed E-state index contributed by atoms with van der Waals surface area (Å²) in [5.41, 5.74) is 2.53. The molecule has 1 aliphatic carbocycles. The van der Waals surface area contributed by atoms with E-state index in [1.54, 1.807) is 6.07 Å². The van der Waals surface area contributed by atoms with Gasteiger partial charge in [0.1, 0.15) is 0 Å². The molecule has 6 nitrogen and oxygen atoms in total. The minimum absolute atomic E-state index is 0.00235. The lowest BCUT2D eigenvalue weighted by atomic mass is 9.87. The molecule has 25 heavy (non-hydrogen) atoms. The monoisotopic (exact) mass is 404 g/mol. The second-order valence-corrected chi connectivity index (χ2v) is 7.29. The lowest BCUT2D eigenvalue weighted by molar-refractivity contribution is -0.117. The van der Waals surface area contributed by atoms with Crippen LogP contribution in [0, 0.1) is 5.92 Å². The number of rotatable bonds is 5. The topological polar surface area (TPSA) is 100 Å². The maximum atomic E-state index is 12.3. The SMILES string of the molecule is N/N=C\c1c(Br)[nH]c2cc(NC(=O)CC3CCCCC3)cc(C=O)c12. The van der Waals surface area contributed by atoms with Crippen LogP contribution in [0.15, 0.2) is 21.8 Å². The highest BCUT2D eigenvalue weighted by molar-refractivity contribution is 9.10. The molecule has 0 saturated heterocycles. The van der Waals surface area contributed by atoms with Crippen molar-refractivity contribution in [1.82, 2.24) is 4.98 Å². The maximum Gasteiger partial charge on any atom is 0.224 e. The number of hydrogen-bond acceptors (Lipinski definition) is 4. The quantitative estimate of drug-likeness (QED) is 0.304. The van der Waals surface area contributed by atoms with Crippen molar-refractivity contribution in [2.75, 3.05) is 5.32 Å². The van der Waals surface area contributed by atoms with Gasteiger partial charge >= 0.3 is 0 Å². The molecule has 0 spiro atoms. The van der Waals surface area contributed by atoms with Crippen molar-refractivity contribution in [3.8, 4) is 0 Å².